The number of hydrogen-bond donors (Lipinski definition) is 3. The lowest BCUT2D eigenvalue weighted by Gasteiger charge is -2.09. The highest BCUT2D eigenvalue weighted by Gasteiger charge is 2.15. The Morgan fingerprint density at radius 2 is 1.89 bits per heavy atom. The van der Waals surface area contributed by atoms with E-state index in [0.717, 1.165) is 28.1 Å². The highest BCUT2D eigenvalue weighted by atomic mass is 32.2. The Morgan fingerprint density at radius 1 is 1.14 bits per heavy atom. The third-order valence-electron chi connectivity index (χ3n) is 3.97. The fraction of sp³-hybridized carbons (Fsp3) is 0.263. The summed E-state index contributed by atoms with van der Waals surface area (Å²) in [5, 5.41) is 15.8. The van der Waals surface area contributed by atoms with Crippen LogP contribution in [0.3, 0.4) is 0 Å². The van der Waals surface area contributed by atoms with Gasteiger partial charge in [0.25, 0.3) is 0 Å². The zero-order valence-electron chi connectivity index (χ0n) is 15.7. The number of amides is 3. The third kappa shape index (κ3) is 4.80. The van der Waals surface area contributed by atoms with Gasteiger partial charge in [0.05, 0.1) is 5.75 Å². The summed E-state index contributed by atoms with van der Waals surface area (Å²) in [4.78, 5) is 23.4. The van der Waals surface area contributed by atoms with Crippen molar-refractivity contribution in [2.45, 2.75) is 31.5 Å². The maximum absolute atomic E-state index is 11.9. The first kappa shape index (κ1) is 19.7. The van der Waals surface area contributed by atoms with Crippen LogP contribution in [0, 0.1) is 0 Å². The van der Waals surface area contributed by atoms with Crippen LogP contribution in [0.25, 0.3) is 10.8 Å². The molecule has 0 aliphatic heterocycles. The van der Waals surface area contributed by atoms with Crippen molar-refractivity contribution < 1.29 is 9.59 Å². The Balaban J connectivity index is 1.64. The number of rotatable bonds is 6. The minimum Gasteiger partial charge on any atom is -0.336 e. The van der Waals surface area contributed by atoms with Gasteiger partial charge < -0.3 is 11.2 Å². The third-order valence-corrected chi connectivity index (χ3v) is 4.91. The van der Waals surface area contributed by atoms with Gasteiger partial charge >= 0.3 is 6.03 Å². The number of carbonyl (C=O) groups is 2. The molecule has 0 fully saturated rings. The standard InChI is InChI=1S/C19H22N6O2S/c1-12(2)21-18(27)22-17(26)11-28-19-24-23-16(25(19)20)10-14-8-5-7-13-6-3-4-9-15(13)14/h3-9,12H,10-11,20H2,1-2H3,(H2,21,22,26,27). The second kappa shape index (κ2) is 8.75. The number of urea groups is 1. The molecule has 0 aliphatic carbocycles. The van der Waals surface area contributed by atoms with Gasteiger partial charge in [-0.05, 0) is 30.2 Å². The van der Waals surface area contributed by atoms with Crippen molar-refractivity contribution in [3.8, 4) is 0 Å². The molecule has 28 heavy (non-hydrogen) atoms. The number of nitrogen functional groups attached to an aromatic ring is 1. The summed E-state index contributed by atoms with van der Waals surface area (Å²) >= 11 is 1.12. The van der Waals surface area contributed by atoms with Crippen molar-refractivity contribution in [3.63, 3.8) is 0 Å². The van der Waals surface area contributed by atoms with Crippen molar-refractivity contribution in [2.24, 2.45) is 0 Å². The SMILES string of the molecule is CC(C)NC(=O)NC(=O)CSc1nnc(Cc2cccc3ccccc23)n1N. The van der Waals surface area contributed by atoms with E-state index in [4.69, 9.17) is 5.84 Å². The predicted octanol–water partition coefficient (Wildman–Crippen LogP) is 2.06. The van der Waals surface area contributed by atoms with Crippen molar-refractivity contribution in [2.75, 3.05) is 11.6 Å². The number of fused-ring (bicyclic) bond motifs is 1. The molecule has 0 radical (unpaired) electrons. The lowest BCUT2D eigenvalue weighted by molar-refractivity contribution is -0.117. The molecule has 0 saturated carbocycles. The molecular weight excluding hydrogens is 376 g/mol. The minimum atomic E-state index is -0.522. The van der Waals surface area contributed by atoms with E-state index in [1.54, 1.807) is 0 Å². The van der Waals surface area contributed by atoms with E-state index < -0.39 is 11.9 Å². The summed E-state index contributed by atoms with van der Waals surface area (Å²) in [5.74, 6) is 6.28. The molecule has 3 aromatic rings. The average molecular weight is 398 g/mol. The van der Waals surface area contributed by atoms with Crippen LogP contribution in [0.1, 0.15) is 25.2 Å². The monoisotopic (exact) mass is 398 g/mol. The molecule has 8 nitrogen and oxygen atoms in total. The van der Waals surface area contributed by atoms with E-state index in [1.807, 2.05) is 38.1 Å². The Morgan fingerprint density at radius 3 is 2.68 bits per heavy atom. The summed E-state index contributed by atoms with van der Waals surface area (Å²) in [5.41, 5.74) is 1.09. The van der Waals surface area contributed by atoms with Crippen LogP contribution in [0.2, 0.25) is 0 Å². The molecule has 9 heteroatoms. The summed E-state index contributed by atoms with van der Waals surface area (Å²) < 4.78 is 1.38. The first-order chi connectivity index (χ1) is 13.4. The Labute approximate surface area is 166 Å². The van der Waals surface area contributed by atoms with Crippen LogP contribution < -0.4 is 16.5 Å². The Bertz CT molecular complexity index is 996. The zero-order chi connectivity index (χ0) is 20.1. The van der Waals surface area contributed by atoms with Gasteiger partial charge in [0.15, 0.2) is 5.82 Å². The van der Waals surface area contributed by atoms with Gasteiger partial charge in [-0.3, -0.25) is 10.1 Å². The summed E-state index contributed by atoms with van der Waals surface area (Å²) in [7, 11) is 0. The van der Waals surface area contributed by atoms with Crippen LogP contribution in [0.15, 0.2) is 47.6 Å². The molecule has 146 valence electrons. The number of imide groups is 1. The van der Waals surface area contributed by atoms with Gasteiger partial charge in [-0.1, -0.05) is 54.2 Å². The molecule has 1 heterocycles. The fourth-order valence-electron chi connectivity index (χ4n) is 2.73. The first-order valence-electron chi connectivity index (χ1n) is 8.83. The normalized spacial score (nSPS) is 11.0. The number of thioether (sulfide) groups is 1. The van der Waals surface area contributed by atoms with Gasteiger partial charge in [0, 0.05) is 12.5 Å². The fourth-order valence-corrected chi connectivity index (χ4v) is 3.41. The van der Waals surface area contributed by atoms with Gasteiger partial charge in [0.2, 0.25) is 11.1 Å². The van der Waals surface area contributed by atoms with Gasteiger partial charge in [-0.2, -0.15) is 0 Å². The quantitative estimate of drug-likeness (QED) is 0.432. The minimum absolute atomic E-state index is 0.00904. The summed E-state index contributed by atoms with van der Waals surface area (Å²) in [6, 6.07) is 13.6. The van der Waals surface area contributed by atoms with Crippen LogP contribution in [0.4, 0.5) is 4.79 Å². The number of hydrogen-bond acceptors (Lipinski definition) is 6. The van der Waals surface area contributed by atoms with E-state index in [2.05, 4.69) is 39.0 Å². The van der Waals surface area contributed by atoms with E-state index in [-0.39, 0.29) is 11.8 Å². The molecule has 0 aliphatic rings. The Kier molecular flexibility index (Phi) is 6.15. The number of carbonyl (C=O) groups excluding carboxylic acids is 2. The van der Waals surface area contributed by atoms with Crippen molar-refractivity contribution in [1.82, 2.24) is 25.5 Å². The zero-order valence-corrected chi connectivity index (χ0v) is 16.5. The molecule has 2 aromatic carbocycles. The van der Waals surface area contributed by atoms with Gasteiger partial charge in [-0.25, -0.2) is 9.47 Å². The maximum atomic E-state index is 11.9. The molecule has 0 bridgehead atoms. The van der Waals surface area contributed by atoms with E-state index >= 15 is 0 Å². The molecule has 4 N–H and O–H groups in total. The number of benzene rings is 2. The molecule has 1 aromatic heterocycles. The number of aromatic nitrogens is 3. The van der Waals surface area contributed by atoms with E-state index in [9.17, 15) is 9.59 Å². The van der Waals surface area contributed by atoms with Crippen molar-refractivity contribution >= 4 is 34.5 Å². The van der Waals surface area contributed by atoms with Crippen LogP contribution in [-0.2, 0) is 11.2 Å². The van der Waals surface area contributed by atoms with Gasteiger partial charge in [0.1, 0.15) is 0 Å². The lowest BCUT2D eigenvalue weighted by atomic mass is 10.0. The topological polar surface area (TPSA) is 115 Å². The number of nitrogens with zero attached hydrogens (tertiary/aromatic N) is 3. The maximum Gasteiger partial charge on any atom is 0.321 e. The van der Waals surface area contributed by atoms with Crippen LogP contribution >= 0.6 is 11.8 Å². The molecule has 0 spiro atoms. The molecule has 0 unspecified atom stereocenters. The summed E-state index contributed by atoms with van der Waals surface area (Å²) in [6.45, 7) is 3.63. The van der Waals surface area contributed by atoms with Crippen LogP contribution in [-0.4, -0.2) is 38.6 Å². The second-order valence-corrected chi connectivity index (χ2v) is 7.49. The van der Waals surface area contributed by atoms with Crippen molar-refractivity contribution in [1.29, 1.82) is 0 Å². The molecular formula is C19H22N6O2S. The van der Waals surface area contributed by atoms with Gasteiger partial charge in [-0.15, -0.1) is 10.2 Å². The first-order valence-corrected chi connectivity index (χ1v) is 9.81. The average Bonchev–Trinajstić information content (AvgIpc) is 2.99. The molecule has 3 amide bonds. The molecule has 0 atom stereocenters. The highest BCUT2D eigenvalue weighted by Crippen LogP contribution is 2.22. The smallest absolute Gasteiger partial charge is 0.321 e. The Hall–Kier alpha value is -3.07. The summed E-state index contributed by atoms with van der Waals surface area (Å²) in [6.07, 6.45) is 0.522. The lowest BCUT2D eigenvalue weighted by Crippen LogP contribution is -2.43. The molecule has 3 rings (SSSR count). The van der Waals surface area contributed by atoms with Crippen LogP contribution in [0.5, 0.6) is 0 Å². The number of nitrogens with one attached hydrogen (secondary N) is 2. The van der Waals surface area contributed by atoms with E-state index in [0.29, 0.717) is 17.4 Å². The van der Waals surface area contributed by atoms with Crippen molar-refractivity contribution in [3.05, 3.63) is 53.9 Å². The van der Waals surface area contributed by atoms with E-state index in [1.165, 1.54) is 4.68 Å². The highest BCUT2D eigenvalue weighted by molar-refractivity contribution is 7.99. The second-order valence-electron chi connectivity index (χ2n) is 6.55. The predicted molar refractivity (Wildman–Crippen MR) is 109 cm³/mol. The largest absolute Gasteiger partial charge is 0.336 e. The molecule has 0 saturated heterocycles. The number of nitrogens with two attached hydrogens (primary N) is 1.